The SMILES string of the molecule is C#Cc1cccc(Nc2ncnc3cc4c(cc23)NCCO4)c1. The van der Waals surface area contributed by atoms with E-state index in [2.05, 4.69) is 26.5 Å². The van der Waals surface area contributed by atoms with Gasteiger partial charge in [0.05, 0.1) is 11.2 Å². The van der Waals surface area contributed by atoms with Crippen LogP contribution in [-0.4, -0.2) is 23.1 Å². The Morgan fingerprint density at radius 3 is 3.09 bits per heavy atom. The van der Waals surface area contributed by atoms with Gasteiger partial charge < -0.3 is 15.4 Å². The van der Waals surface area contributed by atoms with E-state index in [9.17, 15) is 0 Å². The van der Waals surface area contributed by atoms with Crippen molar-refractivity contribution in [1.82, 2.24) is 9.97 Å². The first-order valence-corrected chi connectivity index (χ1v) is 7.32. The van der Waals surface area contributed by atoms with Gasteiger partial charge in [0.2, 0.25) is 0 Å². The van der Waals surface area contributed by atoms with E-state index in [0.717, 1.165) is 46.0 Å². The van der Waals surface area contributed by atoms with Gasteiger partial charge in [-0.05, 0) is 24.3 Å². The predicted octanol–water partition coefficient (Wildman–Crippen LogP) is 3.16. The first-order valence-electron chi connectivity index (χ1n) is 7.32. The summed E-state index contributed by atoms with van der Waals surface area (Å²) in [6.07, 6.45) is 6.99. The van der Waals surface area contributed by atoms with Crippen molar-refractivity contribution in [2.45, 2.75) is 0 Å². The Labute approximate surface area is 133 Å². The predicted molar refractivity (Wildman–Crippen MR) is 91.2 cm³/mol. The molecule has 0 aliphatic carbocycles. The molecule has 5 nitrogen and oxygen atoms in total. The normalized spacial score (nSPS) is 12.7. The molecule has 0 saturated carbocycles. The van der Waals surface area contributed by atoms with Gasteiger partial charge in [0.1, 0.15) is 24.5 Å². The molecule has 0 spiro atoms. The lowest BCUT2D eigenvalue weighted by atomic mass is 10.1. The Morgan fingerprint density at radius 1 is 1.22 bits per heavy atom. The monoisotopic (exact) mass is 302 g/mol. The fourth-order valence-corrected chi connectivity index (χ4v) is 2.61. The van der Waals surface area contributed by atoms with Crippen molar-refractivity contribution in [3.8, 4) is 18.1 Å². The lowest BCUT2D eigenvalue weighted by molar-refractivity contribution is 0.324. The lowest BCUT2D eigenvalue weighted by Crippen LogP contribution is -2.18. The highest BCUT2D eigenvalue weighted by Crippen LogP contribution is 2.34. The molecular formula is C18H14N4O. The topological polar surface area (TPSA) is 59.1 Å². The standard InChI is InChI=1S/C18H14N4O/c1-2-12-4-3-5-13(8-12)22-18-14-9-16-17(23-7-6-19-16)10-15(14)20-11-21-18/h1,3-5,8-11,19H,6-7H2,(H,20,21,22). The molecule has 0 atom stereocenters. The molecule has 0 unspecified atom stereocenters. The fraction of sp³-hybridized carbons (Fsp3) is 0.111. The number of rotatable bonds is 2. The highest BCUT2D eigenvalue weighted by atomic mass is 16.5. The van der Waals surface area contributed by atoms with Crippen molar-refractivity contribution >= 4 is 28.1 Å². The van der Waals surface area contributed by atoms with Gasteiger partial charge >= 0.3 is 0 Å². The summed E-state index contributed by atoms with van der Waals surface area (Å²) in [5.74, 6) is 4.19. The van der Waals surface area contributed by atoms with Gasteiger partial charge in [0.25, 0.3) is 0 Å². The minimum atomic E-state index is 0.660. The van der Waals surface area contributed by atoms with E-state index in [1.54, 1.807) is 6.33 Å². The van der Waals surface area contributed by atoms with E-state index in [1.165, 1.54) is 0 Å². The van der Waals surface area contributed by atoms with Crippen molar-refractivity contribution in [2.24, 2.45) is 0 Å². The average Bonchev–Trinajstić information content (AvgIpc) is 2.60. The summed E-state index contributed by atoms with van der Waals surface area (Å²) in [5, 5.41) is 7.57. The molecule has 0 bridgehead atoms. The first kappa shape index (κ1) is 13.4. The summed E-state index contributed by atoms with van der Waals surface area (Å²) in [7, 11) is 0. The summed E-state index contributed by atoms with van der Waals surface area (Å²) < 4.78 is 5.65. The minimum absolute atomic E-state index is 0.660. The second-order valence-electron chi connectivity index (χ2n) is 5.21. The van der Waals surface area contributed by atoms with Gasteiger partial charge in [-0.1, -0.05) is 12.0 Å². The van der Waals surface area contributed by atoms with Crippen LogP contribution in [0.15, 0.2) is 42.7 Å². The number of fused-ring (bicyclic) bond motifs is 2. The number of ether oxygens (including phenoxy) is 1. The molecule has 23 heavy (non-hydrogen) atoms. The molecule has 0 amide bonds. The smallest absolute Gasteiger partial charge is 0.144 e. The maximum absolute atomic E-state index is 5.65. The van der Waals surface area contributed by atoms with Crippen LogP contribution in [0.1, 0.15) is 5.56 Å². The molecule has 3 aromatic rings. The Bertz CT molecular complexity index is 930. The molecule has 1 aromatic heterocycles. The molecule has 2 aromatic carbocycles. The third-order valence-corrected chi connectivity index (χ3v) is 3.70. The van der Waals surface area contributed by atoms with Crippen molar-refractivity contribution in [1.29, 1.82) is 0 Å². The second kappa shape index (κ2) is 5.50. The molecule has 0 radical (unpaired) electrons. The van der Waals surface area contributed by atoms with Gasteiger partial charge in [0, 0.05) is 29.2 Å². The average molecular weight is 302 g/mol. The van der Waals surface area contributed by atoms with Crippen molar-refractivity contribution in [2.75, 3.05) is 23.8 Å². The number of nitrogens with one attached hydrogen (secondary N) is 2. The zero-order valence-corrected chi connectivity index (χ0v) is 12.3. The van der Waals surface area contributed by atoms with Gasteiger partial charge in [-0.3, -0.25) is 0 Å². The maximum Gasteiger partial charge on any atom is 0.144 e. The molecule has 1 aliphatic rings. The van der Waals surface area contributed by atoms with Crippen molar-refractivity contribution in [3.05, 3.63) is 48.3 Å². The molecule has 4 rings (SSSR count). The van der Waals surface area contributed by atoms with Crippen LogP contribution in [-0.2, 0) is 0 Å². The van der Waals surface area contributed by atoms with Crippen LogP contribution >= 0.6 is 0 Å². The van der Waals surface area contributed by atoms with Gasteiger partial charge in [-0.15, -0.1) is 6.42 Å². The summed E-state index contributed by atoms with van der Waals surface area (Å²) >= 11 is 0. The number of anilines is 3. The molecule has 2 heterocycles. The van der Waals surface area contributed by atoms with E-state index in [0.29, 0.717) is 6.61 Å². The highest BCUT2D eigenvalue weighted by Gasteiger charge is 2.13. The Balaban J connectivity index is 1.79. The first-order chi connectivity index (χ1) is 11.3. The molecule has 0 fully saturated rings. The highest BCUT2D eigenvalue weighted by molar-refractivity contribution is 5.95. The Morgan fingerprint density at radius 2 is 2.17 bits per heavy atom. The number of hydrogen-bond donors (Lipinski definition) is 2. The summed E-state index contributed by atoms with van der Waals surface area (Å²) in [5.41, 5.74) is 3.50. The Hall–Kier alpha value is -3.26. The van der Waals surface area contributed by atoms with Gasteiger partial charge in [-0.2, -0.15) is 0 Å². The van der Waals surface area contributed by atoms with E-state index in [4.69, 9.17) is 11.2 Å². The largest absolute Gasteiger partial charge is 0.490 e. The van der Waals surface area contributed by atoms with Crippen LogP contribution in [0.5, 0.6) is 5.75 Å². The van der Waals surface area contributed by atoms with Crippen LogP contribution in [0.4, 0.5) is 17.2 Å². The van der Waals surface area contributed by atoms with E-state index >= 15 is 0 Å². The van der Waals surface area contributed by atoms with Crippen LogP contribution in [0.25, 0.3) is 10.9 Å². The van der Waals surface area contributed by atoms with Crippen LogP contribution in [0, 0.1) is 12.3 Å². The summed E-state index contributed by atoms with van der Waals surface area (Å²) in [6, 6.07) is 11.6. The van der Waals surface area contributed by atoms with E-state index in [-0.39, 0.29) is 0 Å². The Kier molecular flexibility index (Phi) is 3.21. The second-order valence-corrected chi connectivity index (χ2v) is 5.21. The molecule has 0 saturated heterocycles. The number of benzene rings is 2. The number of nitrogens with zero attached hydrogens (tertiary/aromatic N) is 2. The van der Waals surface area contributed by atoms with Crippen LogP contribution in [0.2, 0.25) is 0 Å². The zero-order chi connectivity index (χ0) is 15.6. The van der Waals surface area contributed by atoms with E-state index < -0.39 is 0 Å². The molecule has 112 valence electrons. The summed E-state index contributed by atoms with van der Waals surface area (Å²) in [4.78, 5) is 8.70. The lowest BCUT2D eigenvalue weighted by Gasteiger charge is -2.20. The zero-order valence-electron chi connectivity index (χ0n) is 12.3. The number of hydrogen-bond acceptors (Lipinski definition) is 5. The number of aromatic nitrogens is 2. The molecular weight excluding hydrogens is 288 g/mol. The van der Waals surface area contributed by atoms with E-state index in [1.807, 2.05) is 36.4 Å². The van der Waals surface area contributed by atoms with Gasteiger partial charge in [-0.25, -0.2) is 9.97 Å². The summed E-state index contributed by atoms with van der Waals surface area (Å²) in [6.45, 7) is 1.45. The molecule has 1 aliphatic heterocycles. The minimum Gasteiger partial charge on any atom is -0.490 e. The third kappa shape index (κ3) is 2.51. The maximum atomic E-state index is 5.65. The third-order valence-electron chi connectivity index (χ3n) is 3.70. The van der Waals surface area contributed by atoms with Crippen molar-refractivity contribution < 1.29 is 4.74 Å². The van der Waals surface area contributed by atoms with Gasteiger partial charge in [0.15, 0.2) is 0 Å². The van der Waals surface area contributed by atoms with Crippen molar-refractivity contribution in [3.63, 3.8) is 0 Å². The fourth-order valence-electron chi connectivity index (χ4n) is 2.61. The number of terminal acetylenes is 1. The van der Waals surface area contributed by atoms with Crippen LogP contribution in [0.3, 0.4) is 0 Å². The van der Waals surface area contributed by atoms with Crippen LogP contribution < -0.4 is 15.4 Å². The molecule has 2 N–H and O–H groups in total. The quantitative estimate of drug-likeness (QED) is 0.712. The molecule has 5 heteroatoms.